The van der Waals surface area contributed by atoms with E-state index in [4.69, 9.17) is 10.5 Å². The minimum atomic E-state index is -1.37. The van der Waals surface area contributed by atoms with Gasteiger partial charge in [-0.25, -0.2) is 4.37 Å². The van der Waals surface area contributed by atoms with Crippen LogP contribution in [0.25, 0.3) is 0 Å². The van der Waals surface area contributed by atoms with Gasteiger partial charge in [0, 0.05) is 6.20 Å². The fourth-order valence-electron chi connectivity index (χ4n) is 2.43. The Hall–Kier alpha value is -2.99. The number of hydrogen-bond donors (Lipinski definition) is 1. The molecule has 0 atom stereocenters. The highest BCUT2D eigenvalue weighted by Crippen LogP contribution is 2.38. The first-order valence-electron chi connectivity index (χ1n) is 6.83. The zero-order valence-corrected chi connectivity index (χ0v) is 12.8. The van der Waals surface area contributed by atoms with Crippen molar-refractivity contribution in [2.45, 2.75) is 5.60 Å². The third kappa shape index (κ3) is 2.60. The summed E-state index contributed by atoms with van der Waals surface area (Å²) in [7, 11) is 0. The molecule has 0 fully saturated rings. The third-order valence-corrected chi connectivity index (χ3v) is 4.51. The Bertz CT molecular complexity index is 828. The highest BCUT2D eigenvalue weighted by molar-refractivity contribution is 7.05. The lowest BCUT2D eigenvalue weighted by atomic mass is 9.84. The summed E-state index contributed by atoms with van der Waals surface area (Å²) in [6, 6.07) is 19.5. The van der Waals surface area contributed by atoms with E-state index in [1.165, 1.54) is 11.5 Å². The Labute approximate surface area is 137 Å². The van der Waals surface area contributed by atoms with E-state index >= 15 is 0 Å². The average Bonchev–Trinajstić information content (AvgIpc) is 3.16. The van der Waals surface area contributed by atoms with Crippen molar-refractivity contribution in [3.8, 4) is 12.1 Å². The Morgan fingerprint density at radius 1 is 0.826 bits per heavy atom. The quantitative estimate of drug-likeness (QED) is 0.804. The van der Waals surface area contributed by atoms with Gasteiger partial charge < -0.3 is 5.11 Å². The van der Waals surface area contributed by atoms with Gasteiger partial charge in [0.1, 0.15) is 0 Å². The van der Waals surface area contributed by atoms with E-state index in [0.29, 0.717) is 27.1 Å². The van der Waals surface area contributed by atoms with Crippen molar-refractivity contribution in [2.24, 2.45) is 0 Å². The van der Waals surface area contributed by atoms with Gasteiger partial charge in [-0.15, -0.1) is 0 Å². The first-order valence-corrected chi connectivity index (χ1v) is 7.60. The van der Waals surface area contributed by atoms with E-state index in [2.05, 4.69) is 16.5 Å². The summed E-state index contributed by atoms with van der Waals surface area (Å²) < 4.78 is 4.08. The van der Waals surface area contributed by atoms with Crippen molar-refractivity contribution >= 4 is 11.5 Å². The summed E-state index contributed by atoms with van der Waals surface area (Å²) in [4.78, 5) is 0.673. The van der Waals surface area contributed by atoms with E-state index < -0.39 is 5.60 Å². The molecule has 0 bridgehead atoms. The Morgan fingerprint density at radius 2 is 1.30 bits per heavy atom. The number of aliphatic hydroxyl groups is 1. The van der Waals surface area contributed by atoms with Crippen LogP contribution in [0.4, 0.5) is 0 Å². The second-order valence-electron chi connectivity index (χ2n) is 4.97. The number of benzene rings is 2. The maximum atomic E-state index is 11.4. The number of rotatable bonds is 3. The Morgan fingerprint density at radius 3 is 1.65 bits per heavy atom. The van der Waals surface area contributed by atoms with Crippen LogP contribution in [0.1, 0.15) is 27.1 Å². The summed E-state index contributed by atoms with van der Waals surface area (Å²) in [6.45, 7) is 0. The van der Waals surface area contributed by atoms with Crippen molar-refractivity contribution in [2.75, 3.05) is 0 Å². The molecule has 0 aliphatic rings. The molecular weight excluding hydrogens is 306 g/mol. The lowest BCUT2D eigenvalue weighted by Crippen LogP contribution is -2.27. The van der Waals surface area contributed by atoms with Crippen LogP contribution in [0.5, 0.6) is 0 Å². The van der Waals surface area contributed by atoms with Gasteiger partial charge in [-0.05, 0) is 53.0 Å². The van der Waals surface area contributed by atoms with Gasteiger partial charge in [0.25, 0.3) is 0 Å². The van der Waals surface area contributed by atoms with Crippen LogP contribution in [0.3, 0.4) is 0 Å². The molecule has 1 heterocycles. The Kier molecular flexibility index (Phi) is 3.91. The minimum Gasteiger partial charge on any atom is -0.375 e. The van der Waals surface area contributed by atoms with E-state index in [9.17, 15) is 5.11 Å². The minimum absolute atomic E-state index is 0.528. The molecule has 1 N–H and O–H groups in total. The molecule has 0 saturated heterocycles. The van der Waals surface area contributed by atoms with Crippen molar-refractivity contribution in [1.29, 1.82) is 10.5 Å². The molecule has 0 amide bonds. The largest absolute Gasteiger partial charge is 0.375 e. The molecule has 0 saturated carbocycles. The zero-order valence-electron chi connectivity index (χ0n) is 12.0. The molecule has 1 aromatic heterocycles. The third-order valence-electron chi connectivity index (χ3n) is 3.66. The molecule has 4 nitrogen and oxygen atoms in total. The molecule has 3 aromatic rings. The summed E-state index contributed by atoms with van der Waals surface area (Å²) in [5.41, 5.74) is 0.972. The van der Waals surface area contributed by atoms with E-state index in [1.54, 1.807) is 60.8 Å². The van der Waals surface area contributed by atoms with Crippen LogP contribution in [0, 0.1) is 22.7 Å². The highest BCUT2D eigenvalue weighted by atomic mass is 32.1. The second kappa shape index (κ2) is 6.02. The van der Waals surface area contributed by atoms with Gasteiger partial charge in [-0.2, -0.15) is 10.5 Å². The smallest absolute Gasteiger partial charge is 0.151 e. The first kappa shape index (κ1) is 14.9. The molecule has 0 aliphatic heterocycles. The molecule has 0 aliphatic carbocycles. The number of aromatic nitrogens is 1. The highest BCUT2D eigenvalue weighted by Gasteiger charge is 2.35. The van der Waals surface area contributed by atoms with Gasteiger partial charge in [0.05, 0.1) is 28.1 Å². The maximum absolute atomic E-state index is 11.4. The number of hydrogen-bond acceptors (Lipinski definition) is 5. The average molecular weight is 317 g/mol. The lowest BCUT2D eigenvalue weighted by molar-refractivity contribution is 0.129. The molecule has 0 spiro atoms. The predicted molar refractivity (Wildman–Crippen MR) is 86.5 cm³/mol. The fourth-order valence-corrected chi connectivity index (χ4v) is 3.15. The van der Waals surface area contributed by atoms with Gasteiger partial charge >= 0.3 is 0 Å². The Balaban J connectivity index is 2.18. The van der Waals surface area contributed by atoms with Crippen molar-refractivity contribution in [1.82, 2.24) is 4.37 Å². The zero-order chi connectivity index (χ0) is 16.3. The van der Waals surface area contributed by atoms with Gasteiger partial charge in [0.15, 0.2) is 5.60 Å². The molecule has 3 rings (SSSR count). The molecule has 110 valence electrons. The van der Waals surface area contributed by atoms with Crippen LogP contribution in [-0.2, 0) is 5.60 Å². The molecule has 5 heteroatoms. The molecule has 23 heavy (non-hydrogen) atoms. The summed E-state index contributed by atoms with van der Waals surface area (Å²) in [6.07, 6.45) is 1.64. The fraction of sp³-hybridized carbons (Fsp3) is 0.0556. The SMILES string of the molecule is N#Cc1ccc(C(O)(c2ccc(C#N)cc2)c2ccns2)cc1. The normalized spacial score (nSPS) is 10.7. The van der Waals surface area contributed by atoms with E-state index in [-0.39, 0.29) is 0 Å². The van der Waals surface area contributed by atoms with Gasteiger partial charge in [-0.3, -0.25) is 0 Å². The monoisotopic (exact) mass is 317 g/mol. The van der Waals surface area contributed by atoms with E-state index in [1.807, 2.05) is 0 Å². The molecule has 0 unspecified atom stereocenters. The predicted octanol–water partition coefficient (Wildman–Crippen LogP) is 3.17. The number of nitriles is 2. The van der Waals surface area contributed by atoms with Crippen LogP contribution in [0.2, 0.25) is 0 Å². The van der Waals surface area contributed by atoms with Crippen molar-refractivity contribution < 1.29 is 5.11 Å². The van der Waals surface area contributed by atoms with Crippen molar-refractivity contribution in [3.05, 3.63) is 87.9 Å². The topological polar surface area (TPSA) is 80.7 Å². The van der Waals surface area contributed by atoms with Crippen LogP contribution in [-0.4, -0.2) is 9.48 Å². The second-order valence-corrected chi connectivity index (χ2v) is 5.80. The first-order chi connectivity index (χ1) is 11.2. The number of nitrogens with zero attached hydrogens (tertiary/aromatic N) is 3. The van der Waals surface area contributed by atoms with E-state index in [0.717, 1.165) is 0 Å². The lowest BCUT2D eigenvalue weighted by Gasteiger charge is -2.28. The summed E-state index contributed by atoms with van der Waals surface area (Å²) >= 11 is 1.21. The van der Waals surface area contributed by atoms with Gasteiger partial charge in [0.2, 0.25) is 0 Å². The molecule has 2 aromatic carbocycles. The van der Waals surface area contributed by atoms with Crippen LogP contribution in [0.15, 0.2) is 60.8 Å². The summed E-state index contributed by atoms with van der Waals surface area (Å²) in [5.74, 6) is 0. The van der Waals surface area contributed by atoms with Gasteiger partial charge in [-0.1, -0.05) is 24.3 Å². The standard InChI is InChI=1S/C18H11N3OS/c19-11-13-1-5-15(6-2-13)18(22,17-9-10-21-23-17)16-7-3-14(12-20)4-8-16/h1-10,22H. The molecule has 0 radical (unpaired) electrons. The van der Waals surface area contributed by atoms with Crippen LogP contribution < -0.4 is 0 Å². The van der Waals surface area contributed by atoms with Crippen LogP contribution >= 0.6 is 11.5 Å². The maximum Gasteiger partial charge on any atom is 0.151 e. The summed E-state index contributed by atoms with van der Waals surface area (Å²) in [5, 5.41) is 29.3. The molecular formula is C18H11N3OS. The van der Waals surface area contributed by atoms with Crippen molar-refractivity contribution in [3.63, 3.8) is 0 Å².